The molecule has 0 atom stereocenters. The molecular weight excluding hydrogens is 384 g/mol. The molecule has 0 saturated heterocycles. The van der Waals surface area contributed by atoms with Crippen molar-refractivity contribution < 1.29 is 22.8 Å². The number of aromatic nitrogens is 3. The van der Waals surface area contributed by atoms with Crippen LogP contribution in [0.4, 0.5) is 0 Å². The van der Waals surface area contributed by atoms with Crippen LogP contribution in [0.2, 0.25) is 0 Å². The number of oxime groups is 1. The Morgan fingerprint density at radius 3 is 2.69 bits per heavy atom. The maximum absolute atomic E-state index is 12.3. The summed E-state index contributed by atoms with van der Waals surface area (Å²) < 4.78 is 32.6. The van der Waals surface area contributed by atoms with Crippen molar-refractivity contribution in [3.05, 3.63) is 40.9 Å². The quantitative estimate of drug-likeness (QED) is 0.342. The van der Waals surface area contributed by atoms with E-state index in [1.54, 1.807) is 16.9 Å². The lowest BCUT2D eigenvalue weighted by Crippen LogP contribution is -2.42. The molecule has 138 valence electrons. The molecule has 0 spiro atoms. The van der Waals surface area contributed by atoms with Crippen LogP contribution in [-0.2, 0) is 19.8 Å². The van der Waals surface area contributed by atoms with Gasteiger partial charge < -0.3 is 9.57 Å². The third-order valence-electron chi connectivity index (χ3n) is 2.81. The van der Waals surface area contributed by atoms with Crippen molar-refractivity contribution in [1.29, 1.82) is 0 Å². The fraction of sp³-hybridized carbons (Fsp3) is 0.154. The first kappa shape index (κ1) is 19.4. The molecule has 0 aliphatic carbocycles. The van der Waals surface area contributed by atoms with Gasteiger partial charge in [0, 0.05) is 7.05 Å². The van der Waals surface area contributed by atoms with Gasteiger partial charge in [-0.25, -0.2) is 14.4 Å². The molecule has 0 aliphatic rings. The third kappa shape index (κ3) is 5.05. The van der Waals surface area contributed by atoms with Crippen LogP contribution in [0.1, 0.15) is 5.56 Å². The number of aromatic amines is 1. The molecule has 0 fully saturated rings. The molecule has 0 aliphatic heterocycles. The second-order valence-corrected chi connectivity index (χ2v) is 6.47. The van der Waals surface area contributed by atoms with E-state index in [1.807, 2.05) is 4.72 Å². The van der Waals surface area contributed by atoms with E-state index in [0.29, 0.717) is 0 Å². The fourth-order valence-corrected chi connectivity index (χ4v) is 2.30. The highest BCUT2D eigenvalue weighted by Gasteiger charge is 2.23. The van der Waals surface area contributed by atoms with E-state index in [0.717, 1.165) is 7.05 Å². The number of nitrogens with zero attached hydrogens (tertiary/aromatic N) is 3. The summed E-state index contributed by atoms with van der Waals surface area (Å²) in [5.74, 6) is -0.863. The highest BCUT2D eigenvalue weighted by atomic mass is 32.2. The molecule has 1 aromatic heterocycles. The lowest BCUT2D eigenvalue weighted by Gasteiger charge is -2.12. The Morgan fingerprint density at radius 2 is 2.04 bits per heavy atom. The topological polar surface area (TPSA) is 148 Å². The number of hydrogen-bond donors (Lipinski definition) is 3. The van der Waals surface area contributed by atoms with E-state index < -0.39 is 16.1 Å². The monoisotopic (exact) mass is 398 g/mol. The Hall–Kier alpha value is -2.90. The lowest BCUT2D eigenvalue weighted by atomic mass is 10.1. The average molecular weight is 398 g/mol. The highest BCUT2D eigenvalue weighted by Crippen LogP contribution is 2.23. The highest BCUT2D eigenvalue weighted by molar-refractivity contribution is 7.88. The van der Waals surface area contributed by atoms with Crippen LogP contribution in [0, 0.1) is 4.77 Å². The molecule has 0 radical (unpaired) electrons. The number of amides is 1. The van der Waals surface area contributed by atoms with Crippen molar-refractivity contribution >= 4 is 34.0 Å². The van der Waals surface area contributed by atoms with Crippen molar-refractivity contribution in [2.45, 2.75) is 0 Å². The first-order valence-electron chi connectivity index (χ1n) is 6.91. The Balaban J connectivity index is 2.42. The number of ether oxygens (including phenoxy) is 1. The Morgan fingerprint density at radius 1 is 1.31 bits per heavy atom. The van der Waals surface area contributed by atoms with Gasteiger partial charge in [0.15, 0.2) is 5.71 Å². The summed E-state index contributed by atoms with van der Waals surface area (Å²) in [6.45, 7) is 0. The predicted octanol–water partition coefficient (Wildman–Crippen LogP) is 0.257. The molecule has 0 bridgehead atoms. The zero-order valence-corrected chi connectivity index (χ0v) is 15.2. The summed E-state index contributed by atoms with van der Waals surface area (Å²) in [5.41, 5.74) is -0.161. The number of carbonyl (C=O) groups excluding carboxylic acids is 1. The molecule has 2 rings (SSSR count). The minimum atomic E-state index is -4.03. The summed E-state index contributed by atoms with van der Waals surface area (Å²) in [6, 6.07) is 6.29. The predicted molar refractivity (Wildman–Crippen MR) is 93.4 cm³/mol. The molecule has 2 aromatic rings. The van der Waals surface area contributed by atoms with Gasteiger partial charge in [-0.3, -0.25) is 9.78 Å². The van der Waals surface area contributed by atoms with Crippen molar-refractivity contribution in [1.82, 2.24) is 24.4 Å². The van der Waals surface area contributed by atoms with Gasteiger partial charge in [0.05, 0.1) is 5.56 Å². The van der Waals surface area contributed by atoms with E-state index >= 15 is 0 Å². The summed E-state index contributed by atoms with van der Waals surface area (Å²) in [4.78, 5) is 27.2. The molecule has 1 amide bonds. The van der Waals surface area contributed by atoms with Crippen LogP contribution in [0.25, 0.3) is 0 Å². The molecule has 3 N–H and O–H groups in total. The molecule has 11 nitrogen and oxygen atoms in total. The Bertz CT molecular complexity index is 988. The zero-order chi connectivity index (χ0) is 19.2. The van der Waals surface area contributed by atoms with E-state index in [1.165, 1.54) is 25.6 Å². The fourth-order valence-electron chi connectivity index (χ4n) is 1.72. The van der Waals surface area contributed by atoms with Gasteiger partial charge >= 0.3 is 16.2 Å². The van der Waals surface area contributed by atoms with Gasteiger partial charge in [-0.15, -0.1) is 0 Å². The van der Waals surface area contributed by atoms with Crippen molar-refractivity contribution in [3.8, 4) is 11.8 Å². The third-order valence-corrected chi connectivity index (χ3v) is 4.01. The first-order chi connectivity index (χ1) is 12.4. The molecule has 26 heavy (non-hydrogen) atoms. The van der Waals surface area contributed by atoms with Gasteiger partial charge in [0.1, 0.15) is 19.2 Å². The van der Waals surface area contributed by atoms with E-state index in [4.69, 9.17) is 17.0 Å². The molecule has 1 aromatic carbocycles. The smallest absolute Gasteiger partial charge is 0.302 e. The van der Waals surface area contributed by atoms with E-state index in [-0.39, 0.29) is 27.8 Å². The molecule has 0 unspecified atom stereocenters. The maximum atomic E-state index is 12.3. The molecule has 1 heterocycles. The van der Waals surface area contributed by atoms with Crippen molar-refractivity contribution in [3.63, 3.8) is 0 Å². The van der Waals surface area contributed by atoms with Crippen molar-refractivity contribution in [2.75, 3.05) is 14.2 Å². The Labute approximate surface area is 153 Å². The molecule has 13 heteroatoms. The normalized spacial score (nSPS) is 11.7. The van der Waals surface area contributed by atoms with Crippen LogP contribution in [0.3, 0.4) is 0 Å². The molecule has 0 saturated carbocycles. The van der Waals surface area contributed by atoms with E-state index in [9.17, 15) is 13.2 Å². The molecular formula is C13H14N6O5S2. The number of benzene rings is 1. The maximum Gasteiger partial charge on any atom is 0.302 e. The summed E-state index contributed by atoms with van der Waals surface area (Å²) in [7, 11) is -1.67. The van der Waals surface area contributed by atoms with Gasteiger partial charge in [-0.2, -0.15) is 13.4 Å². The summed E-state index contributed by atoms with van der Waals surface area (Å²) in [6.07, 6.45) is 1.20. The SMILES string of the molecule is CNS(=O)(=O)NC(=O)/C(=N/OC)c1ccccc1Oc1ncnc(=S)[nH]1. The largest absolute Gasteiger partial charge is 0.425 e. The van der Waals surface area contributed by atoms with Gasteiger partial charge in [0.2, 0.25) is 4.77 Å². The summed E-state index contributed by atoms with van der Waals surface area (Å²) in [5, 5.41) is 3.60. The number of hydrogen-bond acceptors (Lipinski definition) is 9. The second kappa shape index (κ2) is 8.46. The van der Waals surface area contributed by atoms with Crippen LogP contribution >= 0.6 is 12.2 Å². The number of carbonyl (C=O) groups is 1. The minimum absolute atomic E-state index is 0.0254. The van der Waals surface area contributed by atoms with Crippen LogP contribution in [0.5, 0.6) is 11.8 Å². The zero-order valence-electron chi connectivity index (χ0n) is 13.6. The number of nitrogens with one attached hydrogen (secondary N) is 3. The lowest BCUT2D eigenvalue weighted by molar-refractivity contribution is -0.113. The van der Waals surface area contributed by atoms with Crippen molar-refractivity contribution in [2.24, 2.45) is 5.16 Å². The number of rotatable bonds is 7. The van der Waals surface area contributed by atoms with Gasteiger partial charge in [0.25, 0.3) is 5.91 Å². The Kier molecular flexibility index (Phi) is 6.32. The van der Waals surface area contributed by atoms with Gasteiger partial charge in [-0.05, 0) is 24.4 Å². The minimum Gasteiger partial charge on any atom is -0.425 e. The van der Waals surface area contributed by atoms with Crippen LogP contribution in [0.15, 0.2) is 35.7 Å². The van der Waals surface area contributed by atoms with Crippen LogP contribution in [-0.4, -0.2) is 49.1 Å². The first-order valence-corrected chi connectivity index (χ1v) is 8.80. The number of para-hydroxylation sites is 1. The standard InChI is InChI=1S/C13H14N6O5S2/c1-14-26(21,22)19-11(20)10(18-23-2)8-5-3-4-6-9(8)24-12-15-7-16-13(25)17-12/h3-7,14H,1-2H3,(H,19,20)(H,15,16,17,25)/b18-10+. The summed E-state index contributed by atoms with van der Waals surface area (Å²) >= 11 is 4.89. The van der Waals surface area contributed by atoms with Crippen LogP contribution < -0.4 is 14.2 Å². The number of H-pyrrole nitrogens is 1. The second-order valence-electron chi connectivity index (χ2n) is 4.47. The van der Waals surface area contributed by atoms with E-state index in [2.05, 4.69) is 24.9 Å². The van der Waals surface area contributed by atoms with Gasteiger partial charge in [-0.1, -0.05) is 17.3 Å². The average Bonchev–Trinajstić information content (AvgIpc) is 2.60.